The first-order valence-corrected chi connectivity index (χ1v) is 12.8. The number of carboxylic acid groups (broad SMARTS) is 1. The van der Waals surface area contributed by atoms with Crippen molar-refractivity contribution >= 4 is 40.8 Å². The number of carbonyl (C=O) groups is 2. The molecule has 4 N–H and O–H groups in total. The predicted octanol–water partition coefficient (Wildman–Crippen LogP) is 4.34. The van der Waals surface area contributed by atoms with Crippen molar-refractivity contribution < 1.29 is 34.0 Å². The average Bonchev–Trinajstić information content (AvgIpc) is 3.22. The van der Waals surface area contributed by atoms with E-state index >= 15 is 0 Å². The predicted molar refractivity (Wildman–Crippen MR) is 150 cm³/mol. The molecule has 0 atom stereocenters. The van der Waals surface area contributed by atoms with Crippen molar-refractivity contribution in [2.75, 3.05) is 39.2 Å². The van der Waals surface area contributed by atoms with Gasteiger partial charge >= 0.3 is 12.1 Å². The third kappa shape index (κ3) is 8.48. The summed E-state index contributed by atoms with van der Waals surface area (Å²) < 4.78 is 16.4. The number of anilines is 1. The number of hydrogen-bond donors (Lipinski definition) is 4. The average molecular weight is 557 g/mol. The van der Waals surface area contributed by atoms with Gasteiger partial charge in [-0.05, 0) is 45.7 Å². The second-order valence-corrected chi connectivity index (χ2v) is 9.95. The topological polar surface area (TPSA) is 171 Å². The highest BCUT2D eigenvalue weighted by Gasteiger charge is 2.19. The van der Waals surface area contributed by atoms with E-state index in [4.69, 9.17) is 19.3 Å². The normalized spacial score (nSPS) is 11.5. The highest BCUT2D eigenvalue weighted by Crippen LogP contribution is 2.33. The van der Waals surface area contributed by atoms with Crippen LogP contribution in [0.4, 0.5) is 16.3 Å². The van der Waals surface area contributed by atoms with Crippen LogP contribution in [-0.4, -0.2) is 87.8 Å². The van der Waals surface area contributed by atoms with Crippen LogP contribution in [0.15, 0.2) is 29.5 Å². The molecule has 0 saturated heterocycles. The molecule has 1 aromatic carbocycles. The van der Waals surface area contributed by atoms with Gasteiger partial charge < -0.3 is 39.6 Å². The zero-order valence-corrected chi connectivity index (χ0v) is 23.4. The van der Waals surface area contributed by atoms with Crippen LogP contribution in [0.3, 0.4) is 0 Å². The quantitative estimate of drug-likeness (QED) is 0.175. The van der Waals surface area contributed by atoms with E-state index in [9.17, 15) is 14.7 Å². The van der Waals surface area contributed by atoms with Crippen LogP contribution in [0.2, 0.25) is 0 Å². The number of nitrogens with zero attached hydrogens (tertiary/aromatic N) is 4. The first-order valence-electron chi connectivity index (χ1n) is 12.8. The molecule has 0 aliphatic carbocycles. The standard InChI is InChI=1S/C27H36N6O7/c1-27(2,3)40-26(37)33(4)12-7-11-28-23-22-18(25(36)32-24(22)31-16-30-23)15-29-17-9-10-19(38-5)20(14-17)39-13-6-8-21(34)35/h9-10,14-16,36H,6-8,11-13H2,1-5H3,(H,34,35)(H2,28,30,31,32). The largest absolute Gasteiger partial charge is 0.494 e. The van der Waals surface area contributed by atoms with E-state index in [1.165, 1.54) is 24.6 Å². The molecule has 13 nitrogen and oxygen atoms in total. The fraction of sp³-hybridized carbons (Fsp3) is 0.444. The van der Waals surface area contributed by atoms with Gasteiger partial charge in [-0.1, -0.05) is 0 Å². The first-order chi connectivity index (χ1) is 19.0. The number of aromatic hydroxyl groups is 1. The summed E-state index contributed by atoms with van der Waals surface area (Å²) in [6.07, 6.45) is 3.46. The van der Waals surface area contributed by atoms with E-state index in [-0.39, 0.29) is 18.9 Å². The first kappa shape index (κ1) is 30.0. The summed E-state index contributed by atoms with van der Waals surface area (Å²) >= 11 is 0. The number of aromatic amines is 1. The maximum Gasteiger partial charge on any atom is 0.410 e. The van der Waals surface area contributed by atoms with Crippen LogP contribution in [0.5, 0.6) is 17.4 Å². The number of fused-ring (bicyclic) bond motifs is 1. The number of benzene rings is 1. The minimum absolute atomic E-state index is 0.00111. The Hall–Kier alpha value is -4.55. The minimum atomic E-state index is -0.890. The number of amides is 1. The third-order valence-electron chi connectivity index (χ3n) is 5.56. The number of aliphatic imine (C=N–C) groups is 1. The molecule has 0 aliphatic rings. The zero-order chi connectivity index (χ0) is 29.3. The van der Waals surface area contributed by atoms with Gasteiger partial charge in [0, 0.05) is 38.8 Å². The van der Waals surface area contributed by atoms with Crippen molar-refractivity contribution in [1.29, 1.82) is 0 Å². The number of ether oxygens (including phenoxy) is 3. The van der Waals surface area contributed by atoms with Crippen molar-refractivity contribution in [3.8, 4) is 17.4 Å². The molecule has 13 heteroatoms. The van der Waals surface area contributed by atoms with Crippen molar-refractivity contribution in [3.63, 3.8) is 0 Å². The molecule has 3 aromatic rings. The number of carboxylic acids is 1. The summed E-state index contributed by atoms with van der Waals surface area (Å²) in [5, 5.41) is 23.2. The lowest BCUT2D eigenvalue weighted by Gasteiger charge is -2.24. The van der Waals surface area contributed by atoms with Gasteiger partial charge in [-0.15, -0.1) is 0 Å². The second-order valence-electron chi connectivity index (χ2n) is 9.95. The SMILES string of the molecule is COc1ccc(N=Cc2c(O)[nH]c3ncnc(NCCCN(C)C(=O)OC(C)(C)C)c23)cc1OCCCC(=O)O. The molecule has 1 amide bonds. The Bertz CT molecular complexity index is 1350. The summed E-state index contributed by atoms with van der Waals surface area (Å²) in [7, 11) is 3.19. The minimum Gasteiger partial charge on any atom is -0.494 e. The Kier molecular flexibility index (Phi) is 10.1. The zero-order valence-electron chi connectivity index (χ0n) is 23.4. The van der Waals surface area contributed by atoms with Gasteiger partial charge in [-0.2, -0.15) is 0 Å². The van der Waals surface area contributed by atoms with Crippen molar-refractivity contribution in [1.82, 2.24) is 19.9 Å². The fourth-order valence-electron chi connectivity index (χ4n) is 3.65. The van der Waals surface area contributed by atoms with Crippen LogP contribution in [0.1, 0.15) is 45.6 Å². The number of aliphatic carboxylic acids is 1. The van der Waals surface area contributed by atoms with E-state index in [1.807, 2.05) is 20.8 Å². The van der Waals surface area contributed by atoms with Gasteiger partial charge in [-0.3, -0.25) is 9.79 Å². The van der Waals surface area contributed by atoms with Gasteiger partial charge in [0.15, 0.2) is 17.4 Å². The molecule has 0 aliphatic heterocycles. The highest BCUT2D eigenvalue weighted by molar-refractivity contribution is 6.06. The Morgan fingerprint density at radius 3 is 2.67 bits per heavy atom. The molecule has 0 spiro atoms. The number of rotatable bonds is 13. The molecule has 40 heavy (non-hydrogen) atoms. The Morgan fingerprint density at radius 1 is 1.20 bits per heavy atom. The molecule has 0 saturated carbocycles. The van der Waals surface area contributed by atoms with Gasteiger partial charge in [-0.25, -0.2) is 14.8 Å². The number of nitrogens with one attached hydrogen (secondary N) is 2. The van der Waals surface area contributed by atoms with Gasteiger partial charge in [0.2, 0.25) is 0 Å². The summed E-state index contributed by atoms with van der Waals surface area (Å²) in [6, 6.07) is 5.08. The Morgan fingerprint density at radius 2 is 1.98 bits per heavy atom. The number of hydrogen-bond acceptors (Lipinski definition) is 10. The number of aromatic nitrogens is 3. The Labute approximate surface area is 232 Å². The van der Waals surface area contributed by atoms with E-state index in [0.717, 1.165) is 0 Å². The molecule has 0 bridgehead atoms. The summed E-state index contributed by atoms with van der Waals surface area (Å²) in [5.41, 5.74) is 0.787. The van der Waals surface area contributed by atoms with Crippen molar-refractivity contribution in [3.05, 3.63) is 30.1 Å². The van der Waals surface area contributed by atoms with E-state index < -0.39 is 17.7 Å². The number of carbonyl (C=O) groups excluding carboxylic acids is 1. The summed E-state index contributed by atoms with van der Waals surface area (Å²) in [4.78, 5) is 40.3. The maximum absolute atomic E-state index is 12.2. The van der Waals surface area contributed by atoms with Crippen LogP contribution in [-0.2, 0) is 9.53 Å². The van der Waals surface area contributed by atoms with Crippen molar-refractivity contribution in [2.24, 2.45) is 4.99 Å². The fourth-order valence-corrected chi connectivity index (χ4v) is 3.65. The van der Waals surface area contributed by atoms with Crippen LogP contribution in [0.25, 0.3) is 11.0 Å². The van der Waals surface area contributed by atoms with E-state index in [0.29, 0.717) is 65.5 Å². The number of methoxy groups -OCH3 is 1. The molecule has 3 rings (SSSR count). The van der Waals surface area contributed by atoms with Gasteiger partial charge in [0.1, 0.15) is 23.4 Å². The summed E-state index contributed by atoms with van der Waals surface area (Å²) in [6.45, 7) is 6.64. The van der Waals surface area contributed by atoms with Gasteiger partial charge in [0.05, 0.1) is 30.4 Å². The van der Waals surface area contributed by atoms with Crippen molar-refractivity contribution in [2.45, 2.75) is 45.6 Å². The molecule has 2 heterocycles. The molecule has 0 radical (unpaired) electrons. The molecule has 0 fully saturated rings. The lowest BCUT2D eigenvalue weighted by Crippen LogP contribution is -2.35. The lowest BCUT2D eigenvalue weighted by atomic mass is 10.2. The van der Waals surface area contributed by atoms with Crippen LogP contribution in [0, 0.1) is 0 Å². The molecule has 0 unspecified atom stereocenters. The van der Waals surface area contributed by atoms with Gasteiger partial charge in [0.25, 0.3) is 0 Å². The maximum atomic E-state index is 12.2. The lowest BCUT2D eigenvalue weighted by molar-refractivity contribution is -0.137. The third-order valence-corrected chi connectivity index (χ3v) is 5.56. The van der Waals surface area contributed by atoms with Crippen LogP contribution < -0.4 is 14.8 Å². The second kappa shape index (κ2) is 13.5. The van der Waals surface area contributed by atoms with E-state index in [1.54, 1.807) is 25.2 Å². The number of H-pyrrole nitrogens is 1. The molecular weight excluding hydrogens is 520 g/mol. The Balaban J connectivity index is 1.71. The monoisotopic (exact) mass is 556 g/mol. The molecular formula is C27H36N6O7. The smallest absolute Gasteiger partial charge is 0.410 e. The molecule has 2 aromatic heterocycles. The highest BCUT2D eigenvalue weighted by atomic mass is 16.6. The molecule has 216 valence electrons. The van der Waals surface area contributed by atoms with E-state index in [2.05, 4.69) is 25.3 Å². The summed E-state index contributed by atoms with van der Waals surface area (Å²) in [5.74, 6) is 0.401. The van der Waals surface area contributed by atoms with Crippen LogP contribution >= 0.6 is 0 Å².